The first-order valence-corrected chi connectivity index (χ1v) is 9.16. The van der Waals surface area contributed by atoms with Crippen molar-refractivity contribution in [1.82, 2.24) is 0 Å². The molecule has 0 saturated carbocycles. The maximum absolute atomic E-state index is 6.17. The largest absolute Gasteiger partial charge is 0.353 e. The molecule has 3 fully saturated rings. The second-order valence-corrected chi connectivity index (χ2v) is 8.33. The van der Waals surface area contributed by atoms with E-state index < -0.39 is 17.9 Å². The van der Waals surface area contributed by atoms with Crippen molar-refractivity contribution in [2.45, 2.75) is 97.0 Å². The quantitative estimate of drug-likeness (QED) is 0.674. The summed E-state index contributed by atoms with van der Waals surface area (Å²) in [6, 6.07) is 0. The maximum Gasteiger partial charge on any atom is 0.190 e. The molecule has 0 aliphatic carbocycles. The third-order valence-corrected chi connectivity index (χ3v) is 4.44. The summed E-state index contributed by atoms with van der Waals surface area (Å²) in [5.41, 5.74) is 0. The van der Waals surface area contributed by atoms with Crippen LogP contribution in [0.2, 0.25) is 0 Å². The van der Waals surface area contributed by atoms with Crippen LogP contribution < -0.4 is 0 Å². The third-order valence-electron chi connectivity index (χ3n) is 4.44. The molecule has 2 unspecified atom stereocenters. The zero-order valence-corrected chi connectivity index (χ0v) is 16.3. The SMILES string of the molecule is CC(C)COC(C)O[C@@H]1[C@H]2OC(C)(C)O[C@H]2O[C@@H]1C1COC(C)(C)O1. The topological polar surface area (TPSA) is 64.6 Å². The van der Waals surface area contributed by atoms with E-state index in [4.69, 9.17) is 33.2 Å². The molecule has 3 aliphatic heterocycles. The zero-order valence-electron chi connectivity index (χ0n) is 16.3. The van der Waals surface area contributed by atoms with Crippen LogP contribution in [0.25, 0.3) is 0 Å². The first kappa shape index (κ1) is 19.5. The molecule has 0 aromatic carbocycles. The van der Waals surface area contributed by atoms with E-state index >= 15 is 0 Å². The Hall–Kier alpha value is -0.280. The van der Waals surface area contributed by atoms with Gasteiger partial charge in [-0.1, -0.05) is 13.8 Å². The van der Waals surface area contributed by atoms with Gasteiger partial charge in [-0.15, -0.1) is 0 Å². The molecule has 3 heterocycles. The molecule has 6 atom stereocenters. The summed E-state index contributed by atoms with van der Waals surface area (Å²) in [7, 11) is 0. The van der Waals surface area contributed by atoms with E-state index in [0.29, 0.717) is 19.1 Å². The fourth-order valence-corrected chi connectivity index (χ4v) is 3.42. The van der Waals surface area contributed by atoms with Crippen LogP contribution in [0.5, 0.6) is 0 Å². The highest BCUT2D eigenvalue weighted by atomic mass is 16.9. The van der Waals surface area contributed by atoms with Crippen LogP contribution in [0.15, 0.2) is 0 Å². The second kappa shape index (κ2) is 7.03. The van der Waals surface area contributed by atoms with Crippen LogP contribution in [-0.4, -0.2) is 61.8 Å². The van der Waals surface area contributed by atoms with E-state index in [1.165, 1.54) is 0 Å². The van der Waals surface area contributed by atoms with E-state index in [9.17, 15) is 0 Å². The van der Waals surface area contributed by atoms with Crippen LogP contribution in [0.3, 0.4) is 0 Å². The van der Waals surface area contributed by atoms with Crippen molar-refractivity contribution < 1.29 is 33.2 Å². The van der Waals surface area contributed by atoms with E-state index in [1.807, 2.05) is 34.6 Å². The monoisotopic (exact) mass is 360 g/mol. The Morgan fingerprint density at radius 2 is 1.68 bits per heavy atom. The Morgan fingerprint density at radius 1 is 0.960 bits per heavy atom. The van der Waals surface area contributed by atoms with Gasteiger partial charge in [0.1, 0.15) is 24.4 Å². The molecule has 0 aromatic rings. The lowest BCUT2D eigenvalue weighted by Crippen LogP contribution is -2.45. The summed E-state index contributed by atoms with van der Waals surface area (Å²) in [6.45, 7) is 14.7. The standard InChI is InChI=1S/C18H32O7/c1-10(2)8-19-11(3)21-14-13(12-9-20-17(4,5)23-12)22-16-15(14)24-18(6,7)25-16/h10-16H,8-9H2,1-7H3/t11?,12?,13-,14+,15-,16-/m1/s1. The van der Waals surface area contributed by atoms with Crippen LogP contribution in [0.4, 0.5) is 0 Å². The van der Waals surface area contributed by atoms with Crippen LogP contribution in [0, 0.1) is 5.92 Å². The highest BCUT2D eigenvalue weighted by Crippen LogP contribution is 2.42. The minimum Gasteiger partial charge on any atom is -0.353 e. The number of rotatable bonds is 6. The minimum absolute atomic E-state index is 0.238. The summed E-state index contributed by atoms with van der Waals surface area (Å²) in [4.78, 5) is 0. The van der Waals surface area contributed by atoms with Crippen molar-refractivity contribution in [3.8, 4) is 0 Å². The molecule has 0 amide bonds. The first-order valence-electron chi connectivity index (χ1n) is 9.16. The molecule has 0 bridgehead atoms. The van der Waals surface area contributed by atoms with Gasteiger partial charge in [-0.05, 0) is 40.5 Å². The molecule has 0 aromatic heterocycles. The van der Waals surface area contributed by atoms with Crippen molar-refractivity contribution in [2.75, 3.05) is 13.2 Å². The van der Waals surface area contributed by atoms with Crippen molar-refractivity contribution in [3.05, 3.63) is 0 Å². The van der Waals surface area contributed by atoms with E-state index in [1.54, 1.807) is 0 Å². The summed E-state index contributed by atoms with van der Waals surface area (Å²) in [6.07, 6.45) is -2.10. The third kappa shape index (κ3) is 4.53. The molecule has 0 N–H and O–H groups in total. The van der Waals surface area contributed by atoms with Gasteiger partial charge >= 0.3 is 0 Å². The van der Waals surface area contributed by atoms with E-state index in [0.717, 1.165) is 0 Å². The summed E-state index contributed by atoms with van der Waals surface area (Å²) in [5, 5.41) is 0. The highest BCUT2D eigenvalue weighted by Gasteiger charge is 2.59. The Kier molecular flexibility index (Phi) is 5.48. The Labute approximate surface area is 150 Å². The van der Waals surface area contributed by atoms with Crippen molar-refractivity contribution in [3.63, 3.8) is 0 Å². The fraction of sp³-hybridized carbons (Fsp3) is 1.00. The molecule has 3 rings (SSSR count). The Bertz CT molecular complexity index is 464. The van der Waals surface area contributed by atoms with Gasteiger partial charge in [-0.25, -0.2) is 0 Å². The molecular formula is C18H32O7. The molecule has 3 saturated heterocycles. The lowest BCUT2D eigenvalue weighted by atomic mass is 10.1. The first-order chi connectivity index (χ1) is 11.6. The fourth-order valence-electron chi connectivity index (χ4n) is 3.42. The van der Waals surface area contributed by atoms with Gasteiger partial charge in [0.2, 0.25) is 0 Å². The smallest absolute Gasteiger partial charge is 0.190 e. The van der Waals surface area contributed by atoms with Gasteiger partial charge in [-0.2, -0.15) is 0 Å². The van der Waals surface area contributed by atoms with Crippen molar-refractivity contribution >= 4 is 0 Å². The number of hydrogen-bond acceptors (Lipinski definition) is 7. The maximum atomic E-state index is 6.17. The van der Waals surface area contributed by atoms with E-state index in [-0.39, 0.29) is 30.7 Å². The van der Waals surface area contributed by atoms with E-state index in [2.05, 4.69) is 13.8 Å². The number of ether oxygens (including phenoxy) is 7. The summed E-state index contributed by atoms with van der Waals surface area (Å²) in [5.74, 6) is -0.889. The molecule has 146 valence electrons. The lowest BCUT2D eigenvalue weighted by Gasteiger charge is -2.30. The van der Waals surface area contributed by atoms with Crippen LogP contribution >= 0.6 is 0 Å². The average molecular weight is 360 g/mol. The van der Waals surface area contributed by atoms with Gasteiger partial charge in [0.05, 0.1) is 13.2 Å². The molecule has 0 radical (unpaired) electrons. The Morgan fingerprint density at radius 3 is 2.28 bits per heavy atom. The highest BCUT2D eigenvalue weighted by molar-refractivity contribution is 4.98. The predicted molar refractivity (Wildman–Crippen MR) is 88.7 cm³/mol. The molecule has 25 heavy (non-hydrogen) atoms. The van der Waals surface area contributed by atoms with Crippen molar-refractivity contribution in [2.24, 2.45) is 5.92 Å². The summed E-state index contributed by atoms with van der Waals surface area (Å²) < 4.78 is 41.6. The van der Waals surface area contributed by atoms with Gasteiger partial charge in [0.15, 0.2) is 24.2 Å². The normalized spacial score (nSPS) is 40.6. The average Bonchev–Trinajstić information content (AvgIpc) is 3.08. The molecular weight excluding hydrogens is 328 g/mol. The van der Waals surface area contributed by atoms with Crippen molar-refractivity contribution in [1.29, 1.82) is 0 Å². The van der Waals surface area contributed by atoms with Gasteiger partial charge in [0, 0.05) is 0 Å². The number of fused-ring (bicyclic) bond motifs is 1. The zero-order chi connectivity index (χ0) is 18.4. The molecule has 3 aliphatic rings. The van der Waals surface area contributed by atoms with Gasteiger partial charge in [0.25, 0.3) is 0 Å². The number of hydrogen-bond donors (Lipinski definition) is 0. The minimum atomic E-state index is -0.698. The predicted octanol–water partition coefficient (Wildman–Crippen LogP) is 2.42. The molecule has 0 spiro atoms. The molecule has 7 heteroatoms. The Balaban J connectivity index is 1.69. The van der Waals surface area contributed by atoms with Gasteiger partial charge in [-0.3, -0.25) is 0 Å². The van der Waals surface area contributed by atoms with Crippen LogP contribution in [0.1, 0.15) is 48.5 Å². The van der Waals surface area contributed by atoms with Crippen LogP contribution in [-0.2, 0) is 33.2 Å². The van der Waals surface area contributed by atoms with Gasteiger partial charge < -0.3 is 33.2 Å². The summed E-state index contributed by atoms with van der Waals surface area (Å²) >= 11 is 0. The second-order valence-electron chi connectivity index (χ2n) is 8.33. The molecule has 7 nitrogen and oxygen atoms in total. The lowest BCUT2D eigenvalue weighted by molar-refractivity contribution is -0.254.